The van der Waals surface area contributed by atoms with Crippen LogP contribution in [0.1, 0.15) is 11.1 Å². The van der Waals surface area contributed by atoms with Crippen molar-refractivity contribution in [1.29, 1.82) is 0 Å². The molecule has 0 saturated heterocycles. The molecular formula is C13H19NO2S. The normalized spacial score (nSPS) is 12.2. The van der Waals surface area contributed by atoms with E-state index in [0.29, 0.717) is 5.75 Å². The number of carbonyl (C=O) groups excluding carboxylic acids is 1. The second kappa shape index (κ2) is 6.67. The van der Waals surface area contributed by atoms with E-state index in [9.17, 15) is 4.79 Å². The molecule has 1 rings (SSSR count). The van der Waals surface area contributed by atoms with E-state index in [1.54, 1.807) is 18.8 Å². The SMILES string of the molecule is CNC(CSc1cc(C)ccc1C)C(=O)OC. The maximum atomic E-state index is 11.4. The summed E-state index contributed by atoms with van der Waals surface area (Å²) < 4.78 is 4.73. The van der Waals surface area contributed by atoms with Crippen molar-refractivity contribution in [2.24, 2.45) is 0 Å². The molecule has 0 amide bonds. The van der Waals surface area contributed by atoms with Crippen molar-refractivity contribution < 1.29 is 9.53 Å². The number of hydrogen-bond donors (Lipinski definition) is 1. The van der Waals surface area contributed by atoms with Crippen molar-refractivity contribution >= 4 is 17.7 Å². The minimum Gasteiger partial charge on any atom is -0.468 e. The molecule has 0 aliphatic carbocycles. The Balaban J connectivity index is 2.65. The molecule has 0 fully saturated rings. The van der Waals surface area contributed by atoms with Crippen LogP contribution in [0.25, 0.3) is 0 Å². The molecule has 0 aliphatic heterocycles. The molecule has 1 aromatic rings. The van der Waals surface area contributed by atoms with E-state index < -0.39 is 0 Å². The maximum Gasteiger partial charge on any atom is 0.323 e. The fourth-order valence-corrected chi connectivity index (χ4v) is 2.66. The number of likely N-dealkylation sites (N-methyl/N-ethyl adjacent to an activating group) is 1. The van der Waals surface area contributed by atoms with Gasteiger partial charge < -0.3 is 10.1 Å². The van der Waals surface area contributed by atoms with E-state index in [0.717, 1.165) is 0 Å². The Morgan fingerprint density at radius 3 is 2.76 bits per heavy atom. The number of carbonyl (C=O) groups is 1. The van der Waals surface area contributed by atoms with Crippen molar-refractivity contribution in [2.45, 2.75) is 24.8 Å². The lowest BCUT2D eigenvalue weighted by Crippen LogP contribution is -2.37. The number of ether oxygens (including phenoxy) is 1. The number of benzene rings is 1. The molecule has 0 bridgehead atoms. The first-order valence-corrected chi connectivity index (χ1v) is 6.52. The highest BCUT2D eigenvalue weighted by Gasteiger charge is 2.17. The van der Waals surface area contributed by atoms with Gasteiger partial charge in [-0.05, 0) is 32.5 Å². The summed E-state index contributed by atoms with van der Waals surface area (Å²) >= 11 is 1.67. The molecule has 0 radical (unpaired) electrons. The van der Waals surface area contributed by atoms with Crippen LogP contribution in [0.15, 0.2) is 23.1 Å². The van der Waals surface area contributed by atoms with Gasteiger partial charge in [0.1, 0.15) is 6.04 Å². The third-order valence-corrected chi connectivity index (χ3v) is 3.83. The maximum absolute atomic E-state index is 11.4. The summed E-state index contributed by atoms with van der Waals surface area (Å²) in [5.41, 5.74) is 2.47. The van der Waals surface area contributed by atoms with E-state index >= 15 is 0 Å². The first-order chi connectivity index (χ1) is 8.08. The summed E-state index contributed by atoms with van der Waals surface area (Å²) in [6, 6.07) is 6.08. The van der Waals surface area contributed by atoms with Gasteiger partial charge in [-0.25, -0.2) is 0 Å². The zero-order valence-corrected chi connectivity index (χ0v) is 11.6. The van der Waals surface area contributed by atoms with Gasteiger partial charge in [-0.15, -0.1) is 11.8 Å². The van der Waals surface area contributed by atoms with E-state index in [4.69, 9.17) is 4.74 Å². The van der Waals surface area contributed by atoms with Crippen LogP contribution in [-0.4, -0.2) is 31.9 Å². The van der Waals surface area contributed by atoms with Gasteiger partial charge in [0.25, 0.3) is 0 Å². The fraction of sp³-hybridized carbons (Fsp3) is 0.462. The molecule has 1 aromatic carbocycles. The Morgan fingerprint density at radius 2 is 2.18 bits per heavy atom. The first kappa shape index (κ1) is 14.1. The number of esters is 1. The number of nitrogens with one attached hydrogen (secondary N) is 1. The lowest BCUT2D eigenvalue weighted by atomic mass is 10.2. The Hall–Kier alpha value is -1.00. The van der Waals surface area contributed by atoms with Gasteiger partial charge in [0.05, 0.1) is 7.11 Å². The predicted molar refractivity (Wildman–Crippen MR) is 71.5 cm³/mol. The van der Waals surface area contributed by atoms with E-state index in [-0.39, 0.29) is 12.0 Å². The second-order valence-corrected chi connectivity index (χ2v) is 5.01. The van der Waals surface area contributed by atoms with Gasteiger partial charge in [-0.2, -0.15) is 0 Å². The topological polar surface area (TPSA) is 38.3 Å². The zero-order chi connectivity index (χ0) is 12.8. The van der Waals surface area contributed by atoms with Crippen LogP contribution in [0, 0.1) is 13.8 Å². The number of aryl methyl sites for hydroxylation is 2. The van der Waals surface area contributed by atoms with E-state index in [1.807, 2.05) is 0 Å². The smallest absolute Gasteiger partial charge is 0.323 e. The number of thioether (sulfide) groups is 1. The monoisotopic (exact) mass is 253 g/mol. The first-order valence-electron chi connectivity index (χ1n) is 5.53. The molecule has 3 nitrogen and oxygen atoms in total. The summed E-state index contributed by atoms with van der Waals surface area (Å²) in [7, 11) is 3.18. The molecule has 0 aromatic heterocycles. The van der Waals surface area contributed by atoms with Crippen LogP contribution in [0.4, 0.5) is 0 Å². The minimum atomic E-state index is -0.259. The Bertz CT molecular complexity index is 393. The summed E-state index contributed by atoms with van der Waals surface area (Å²) in [6.07, 6.45) is 0. The Morgan fingerprint density at radius 1 is 1.47 bits per heavy atom. The second-order valence-electron chi connectivity index (χ2n) is 3.94. The van der Waals surface area contributed by atoms with Gasteiger partial charge in [0, 0.05) is 10.6 Å². The highest BCUT2D eigenvalue weighted by molar-refractivity contribution is 7.99. The number of rotatable bonds is 5. The number of hydrogen-bond acceptors (Lipinski definition) is 4. The molecule has 1 atom stereocenters. The van der Waals surface area contributed by atoms with Gasteiger partial charge in [-0.1, -0.05) is 17.7 Å². The third-order valence-electron chi connectivity index (χ3n) is 2.58. The summed E-state index contributed by atoms with van der Waals surface area (Å²) in [4.78, 5) is 12.6. The van der Waals surface area contributed by atoms with Crippen molar-refractivity contribution in [1.82, 2.24) is 5.32 Å². The van der Waals surface area contributed by atoms with Crippen LogP contribution in [0.3, 0.4) is 0 Å². The summed E-state index contributed by atoms with van der Waals surface area (Å²) in [6.45, 7) is 4.15. The van der Waals surface area contributed by atoms with Gasteiger partial charge in [0.15, 0.2) is 0 Å². The lowest BCUT2D eigenvalue weighted by Gasteiger charge is -2.14. The highest BCUT2D eigenvalue weighted by Crippen LogP contribution is 2.24. The van der Waals surface area contributed by atoms with Crippen LogP contribution in [0.5, 0.6) is 0 Å². The number of methoxy groups -OCH3 is 1. The van der Waals surface area contributed by atoms with Crippen molar-refractivity contribution in [3.8, 4) is 0 Å². The van der Waals surface area contributed by atoms with Crippen LogP contribution >= 0.6 is 11.8 Å². The minimum absolute atomic E-state index is 0.217. The lowest BCUT2D eigenvalue weighted by molar-refractivity contribution is -0.142. The van der Waals surface area contributed by atoms with Gasteiger partial charge in [0.2, 0.25) is 0 Å². The molecule has 0 heterocycles. The third kappa shape index (κ3) is 4.06. The quantitative estimate of drug-likeness (QED) is 0.644. The summed E-state index contributed by atoms with van der Waals surface area (Å²) in [5.74, 6) is 0.457. The Kier molecular flexibility index (Phi) is 5.51. The van der Waals surface area contributed by atoms with E-state index in [2.05, 4.69) is 37.4 Å². The Labute approximate surface area is 107 Å². The van der Waals surface area contributed by atoms with Gasteiger partial charge >= 0.3 is 5.97 Å². The largest absolute Gasteiger partial charge is 0.468 e. The van der Waals surface area contributed by atoms with Crippen LogP contribution in [-0.2, 0) is 9.53 Å². The fourth-order valence-electron chi connectivity index (χ4n) is 1.45. The molecule has 0 aliphatic rings. The van der Waals surface area contributed by atoms with Crippen LogP contribution < -0.4 is 5.32 Å². The molecule has 0 saturated carbocycles. The molecule has 94 valence electrons. The zero-order valence-electron chi connectivity index (χ0n) is 10.7. The van der Waals surface area contributed by atoms with Crippen LogP contribution in [0.2, 0.25) is 0 Å². The molecular weight excluding hydrogens is 234 g/mol. The van der Waals surface area contributed by atoms with Crippen molar-refractivity contribution in [3.63, 3.8) is 0 Å². The average Bonchev–Trinajstić information content (AvgIpc) is 2.33. The highest BCUT2D eigenvalue weighted by atomic mass is 32.2. The van der Waals surface area contributed by atoms with Crippen molar-refractivity contribution in [3.05, 3.63) is 29.3 Å². The molecule has 4 heteroatoms. The van der Waals surface area contributed by atoms with Crippen molar-refractivity contribution in [2.75, 3.05) is 19.9 Å². The predicted octanol–water partition coefficient (Wildman–Crippen LogP) is 2.16. The average molecular weight is 253 g/mol. The molecule has 1 N–H and O–H groups in total. The molecule has 17 heavy (non-hydrogen) atoms. The molecule has 1 unspecified atom stereocenters. The summed E-state index contributed by atoms with van der Waals surface area (Å²) in [5, 5.41) is 2.96. The standard InChI is InChI=1S/C13H19NO2S/c1-9-5-6-10(2)12(7-9)17-8-11(14-3)13(15)16-4/h5-7,11,14H,8H2,1-4H3. The van der Waals surface area contributed by atoms with E-state index in [1.165, 1.54) is 23.1 Å². The van der Waals surface area contributed by atoms with Gasteiger partial charge in [-0.3, -0.25) is 4.79 Å². The molecule has 0 spiro atoms.